The minimum atomic E-state index is 0.0524. The average Bonchev–Trinajstić information content (AvgIpc) is 2.78. The number of benzene rings is 1. The van der Waals surface area contributed by atoms with Crippen LogP contribution in [0.5, 0.6) is 11.5 Å². The smallest absolute Gasteiger partial charge is 0.254 e. The first-order chi connectivity index (χ1) is 11.0. The van der Waals surface area contributed by atoms with Crippen molar-refractivity contribution in [2.24, 2.45) is 0 Å². The Morgan fingerprint density at radius 2 is 1.91 bits per heavy atom. The van der Waals surface area contributed by atoms with Crippen molar-refractivity contribution in [3.63, 3.8) is 0 Å². The molecule has 1 aromatic rings. The SMILES string of the molecule is COc1cc(OC)cc(C(=O)N2CCCSCC2CN(C)C)c1. The molecule has 0 aliphatic carbocycles. The molecule has 6 heteroatoms. The summed E-state index contributed by atoms with van der Waals surface area (Å²) >= 11 is 1.93. The maximum atomic E-state index is 13.1. The van der Waals surface area contributed by atoms with E-state index in [-0.39, 0.29) is 11.9 Å². The van der Waals surface area contributed by atoms with Crippen molar-refractivity contribution in [3.05, 3.63) is 23.8 Å². The van der Waals surface area contributed by atoms with Crippen LogP contribution in [0.2, 0.25) is 0 Å². The predicted molar refractivity (Wildman–Crippen MR) is 94.9 cm³/mol. The van der Waals surface area contributed by atoms with Crippen molar-refractivity contribution < 1.29 is 14.3 Å². The van der Waals surface area contributed by atoms with Gasteiger partial charge >= 0.3 is 0 Å². The zero-order valence-electron chi connectivity index (χ0n) is 14.4. The first-order valence-corrected chi connectivity index (χ1v) is 8.97. The molecule has 2 rings (SSSR count). The minimum Gasteiger partial charge on any atom is -0.497 e. The topological polar surface area (TPSA) is 42.0 Å². The summed E-state index contributed by atoms with van der Waals surface area (Å²) in [5.74, 6) is 3.42. The number of amides is 1. The summed E-state index contributed by atoms with van der Waals surface area (Å²) in [6, 6.07) is 5.58. The lowest BCUT2D eigenvalue weighted by atomic mass is 10.1. The van der Waals surface area contributed by atoms with Gasteiger partial charge in [-0.3, -0.25) is 4.79 Å². The molecule has 23 heavy (non-hydrogen) atoms. The second-order valence-corrected chi connectivity index (χ2v) is 7.09. The van der Waals surface area contributed by atoms with Crippen LogP contribution in [-0.4, -0.2) is 74.7 Å². The highest BCUT2D eigenvalue weighted by Crippen LogP contribution is 2.25. The lowest BCUT2D eigenvalue weighted by Crippen LogP contribution is -2.46. The van der Waals surface area contributed by atoms with Crippen LogP contribution in [0.3, 0.4) is 0 Å². The highest BCUT2D eigenvalue weighted by atomic mass is 32.2. The van der Waals surface area contributed by atoms with Crippen molar-refractivity contribution in [3.8, 4) is 11.5 Å². The zero-order valence-corrected chi connectivity index (χ0v) is 15.2. The number of thioether (sulfide) groups is 1. The quantitative estimate of drug-likeness (QED) is 0.823. The standard InChI is InChI=1S/C17H26N2O3S/c1-18(2)11-14-12-23-7-5-6-19(14)17(20)13-8-15(21-3)10-16(9-13)22-4/h8-10,14H,5-7,11-12H2,1-4H3. The van der Waals surface area contributed by atoms with Gasteiger partial charge < -0.3 is 19.3 Å². The minimum absolute atomic E-state index is 0.0524. The van der Waals surface area contributed by atoms with E-state index in [1.165, 1.54) is 0 Å². The van der Waals surface area contributed by atoms with Gasteiger partial charge in [-0.25, -0.2) is 0 Å². The van der Waals surface area contributed by atoms with Crippen LogP contribution < -0.4 is 9.47 Å². The lowest BCUT2D eigenvalue weighted by Gasteiger charge is -2.32. The van der Waals surface area contributed by atoms with Gasteiger partial charge in [-0.05, 0) is 38.4 Å². The molecule has 1 amide bonds. The number of carbonyl (C=O) groups excluding carboxylic acids is 1. The van der Waals surface area contributed by atoms with E-state index < -0.39 is 0 Å². The molecule has 1 aromatic carbocycles. The van der Waals surface area contributed by atoms with Gasteiger partial charge in [-0.1, -0.05) is 0 Å². The van der Waals surface area contributed by atoms with Crippen molar-refractivity contribution in [2.45, 2.75) is 12.5 Å². The van der Waals surface area contributed by atoms with Gasteiger partial charge in [0.2, 0.25) is 0 Å². The van der Waals surface area contributed by atoms with E-state index in [0.717, 1.165) is 31.0 Å². The number of rotatable bonds is 5. The molecule has 1 fully saturated rings. The highest BCUT2D eigenvalue weighted by molar-refractivity contribution is 7.99. The molecule has 0 saturated carbocycles. The van der Waals surface area contributed by atoms with Crippen molar-refractivity contribution in [2.75, 3.05) is 52.9 Å². The molecule has 1 aliphatic heterocycles. The Bertz CT molecular complexity index is 514. The fourth-order valence-electron chi connectivity index (χ4n) is 2.77. The third-order valence-electron chi connectivity index (χ3n) is 3.87. The largest absolute Gasteiger partial charge is 0.497 e. The van der Waals surface area contributed by atoms with E-state index in [9.17, 15) is 4.79 Å². The fourth-order valence-corrected chi connectivity index (χ4v) is 3.82. The monoisotopic (exact) mass is 338 g/mol. The number of hydrogen-bond acceptors (Lipinski definition) is 5. The Kier molecular flexibility index (Phi) is 6.59. The molecule has 1 heterocycles. The van der Waals surface area contributed by atoms with Gasteiger partial charge in [0.15, 0.2) is 0 Å². The molecule has 0 radical (unpaired) electrons. The Labute approximate surface area is 142 Å². The zero-order chi connectivity index (χ0) is 16.8. The summed E-state index contributed by atoms with van der Waals surface area (Å²) in [5.41, 5.74) is 0.622. The average molecular weight is 338 g/mol. The second kappa shape index (κ2) is 8.45. The molecule has 0 spiro atoms. The van der Waals surface area contributed by atoms with E-state index in [1.807, 2.05) is 30.8 Å². The van der Waals surface area contributed by atoms with E-state index in [4.69, 9.17) is 9.47 Å². The fraction of sp³-hybridized carbons (Fsp3) is 0.588. The van der Waals surface area contributed by atoms with Gasteiger partial charge in [-0.2, -0.15) is 11.8 Å². The van der Waals surface area contributed by atoms with Crippen molar-refractivity contribution >= 4 is 17.7 Å². The van der Waals surface area contributed by atoms with Crippen molar-refractivity contribution in [1.29, 1.82) is 0 Å². The van der Waals surface area contributed by atoms with Crippen LogP contribution in [0, 0.1) is 0 Å². The van der Waals surface area contributed by atoms with Gasteiger partial charge in [0.25, 0.3) is 5.91 Å². The summed E-state index contributed by atoms with van der Waals surface area (Å²) in [7, 11) is 7.29. The highest BCUT2D eigenvalue weighted by Gasteiger charge is 2.27. The normalized spacial score (nSPS) is 18.7. The number of nitrogens with zero attached hydrogens (tertiary/aromatic N) is 2. The van der Waals surface area contributed by atoms with Gasteiger partial charge in [0, 0.05) is 30.5 Å². The molecule has 128 valence electrons. The van der Waals surface area contributed by atoms with E-state index in [2.05, 4.69) is 4.90 Å². The maximum absolute atomic E-state index is 13.1. The molecular weight excluding hydrogens is 312 g/mol. The molecule has 1 atom stereocenters. The van der Waals surface area contributed by atoms with E-state index in [1.54, 1.807) is 32.4 Å². The van der Waals surface area contributed by atoms with Crippen LogP contribution in [0.25, 0.3) is 0 Å². The van der Waals surface area contributed by atoms with Crippen molar-refractivity contribution in [1.82, 2.24) is 9.80 Å². The first-order valence-electron chi connectivity index (χ1n) is 7.81. The Balaban J connectivity index is 2.28. The molecule has 1 aliphatic rings. The van der Waals surface area contributed by atoms with E-state index >= 15 is 0 Å². The van der Waals surface area contributed by atoms with Crippen LogP contribution >= 0.6 is 11.8 Å². The van der Waals surface area contributed by atoms with E-state index in [0.29, 0.717) is 17.1 Å². The molecule has 5 nitrogen and oxygen atoms in total. The molecule has 1 saturated heterocycles. The third kappa shape index (κ3) is 4.78. The number of carbonyl (C=O) groups is 1. The van der Waals surface area contributed by atoms with Crippen LogP contribution in [0.4, 0.5) is 0 Å². The molecule has 0 N–H and O–H groups in total. The van der Waals surface area contributed by atoms with Crippen LogP contribution in [-0.2, 0) is 0 Å². The Hall–Kier alpha value is -1.40. The maximum Gasteiger partial charge on any atom is 0.254 e. The summed E-state index contributed by atoms with van der Waals surface area (Å²) < 4.78 is 10.6. The lowest BCUT2D eigenvalue weighted by molar-refractivity contribution is 0.0675. The number of ether oxygens (including phenoxy) is 2. The number of hydrogen-bond donors (Lipinski definition) is 0. The summed E-state index contributed by atoms with van der Waals surface area (Å²) in [4.78, 5) is 17.2. The molecule has 0 bridgehead atoms. The first kappa shape index (κ1) is 17.9. The van der Waals surface area contributed by atoms with Gasteiger partial charge in [0.1, 0.15) is 11.5 Å². The molecule has 0 aromatic heterocycles. The number of likely N-dealkylation sites (N-methyl/N-ethyl adjacent to an activating group) is 1. The molecular formula is C17H26N2O3S. The summed E-state index contributed by atoms with van der Waals surface area (Å²) in [6.45, 7) is 1.67. The second-order valence-electron chi connectivity index (χ2n) is 5.94. The van der Waals surface area contributed by atoms with Gasteiger partial charge in [0.05, 0.1) is 20.3 Å². The van der Waals surface area contributed by atoms with Gasteiger partial charge in [-0.15, -0.1) is 0 Å². The Morgan fingerprint density at radius 3 is 2.48 bits per heavy atom. The predicted octanol–water partition coefficient (Wildman–Crippen LogP) is 2.21. The molecule has 1 unspecified atom stereocenters. The number of methoxy groups -OCH3 is 2. The summed E-state index contributed by atoms with van der Waals surface area (Å²) in [5, 5.41) is 0. The Morgan fingerprint density at radius 1 is 1.26 bits per heavy atom. The third-order valence-corrected chi connectivity index (χ3v) is 5.07. The summed E-state index contributed by atoms with van der Waals surface area (Å²) in [6.07, 6.45) is 1.03. The van der Waals surface area contributed by atoms with Crippen LogP contribution in [0.15, 0.2) is 18.2 Å². The van der Waals surface area contributed by atoms with Crippen LogP contribution in [0.1, 0.15) is 16.8 Å².